The molecule has 2 unspecified atom stereocenters. The molecule has 0 amide bonds. The molecule has 20 heavy (non-hydrogen) atoms. The van der Waals surface area contributed by atoms with Crippen LogP contribution in [0.5, 0.6) is 11.5 Å². The van der Waals surface area contributed by atoms with E-state index in [0.29, 0.717) is 19.1 Å². The molecule has 0 spiro atoms. The third-order valence-corrected chi connectivity index (χ3v) is 4.66. The van der Waals surface area contributed by atoms with Crippen molar-refractivity contribution in [1.82, 2.24) is 0 Å². The number of nitrogens with two attached hydrogens (primary N) is 1. The summed E-state index contributed by atoms with van der Waals surface area (Å²) in [6.45, 7) is 5.59. The van der Waals surface area contributed by atoms with Gasteiger partial charge in [-0.05, 0) is 41.6 Å². The van der Waals surface area contributed by atoms with E-state index in [1.807, 2.05) is 18.2 Å². The van der Waals surface area contributed by atoms with Crippen molar-refractivity contribution in [3.8, 4) is 11.5 Å². The number of benzene rings is 1. The first-order valence-electron chi connectivity index (χ1n) is 6.84. The molecule has 2 aromatic rings. The monoisotopic (exact) mass is 289 g/mol. The third kappa shape index (κ3) is 2.53. The van der Waals surface area contributed by atoms with Gasteiger partial charge >= 0.3 is 0 Å². The van der Waals surface area contributed by atoms with Gasteiger partial charge in [-0.15, -0.1) is 11.3 Å². The van der Waals surface area contributed by atoms with Crippen LogP contribution < -0.4 is 15.2 Å². The van der Waals surface area contributed by atoms with Gasteiger partial charge < -0.3 is 15.2 Å². The highest BCUT2D eigenvalue weighted by Crippen LogP contribution is 2.35. The highest BCUT2D eigenvalue weighted by atomic mass is 32.1. The molecule has 4 heteroatoms. The normalized spacial score (nSPS) is 19.4. The standard InChI is InChI=1S/C16H19NO2S/c1-10-8-18-13-4-3-12(7-14(13)19-9-10)15(17)16-11(2)5-6-20-16/h3-7,10,15H,8-9,17H2,1-2H3. The first-order chi connectivity index (χ1) is 9.65. The lowest BCUT2D eigenvalue weighted by Crippen LogP contribution is -2.12. The highest BCUT2D eigenvalue weighted by molar-refractivity contribution is 7.10. The van der Waals surface area contributed by atoms with Crippen LogP contribution in [-0.2, 0) is 0 Å². The molecule has 2 heterocycles. The molecule has 2 atom stereocenters. The van der Waals surface area contributed by atoms with Gasteiger partial charge in [0.1, 0.15) is 0 Å². The quantitative estimate of drug-likeness (QED) is 0.920. The summed E-state index contributed by atoms with van der Waals surface area (Å²) < 4.78 is 11.6. The van der Waals surface area contributed by atoms with Crippen LogP contribution in [-0.4, -0.2) is 13.2 Å². The van der Waals surface area contributed by atoms with Crippen molar-refractivity contribution in [2.45, 2.75) is 19.9 Å². The van der Waals surface area contributed by atoms with Gasteiger partial charge in [0.05, 0.1) is 19.3 Å². The Balaban J connectivity index is 1.91. The molecule has 0 fully saturated rings. The second-order valence-electron chi connectivity index (χ2n) is 5.38. The lowest BCUT2D eigenvalue weighted by atomic mass is 10.0. The molecule has 0 radical (unpaired) electrons. The van der Waals surface area contributed by atoms with Crippen LogP contribution in [0.3, 0.4) is 0 Å². The molecule has 1 aliphatic rings. The Morgan fingerprint density at radius 2 is 1.95 bits per heavy atom. The van der Waals surface area contributed by atoms with Crippen molar-refractivity contribution < 1.29 is 9.47 Å². The topological polar surface area (TPSA) is 44.5 Å². The van der Waals surface area contributed by atoms with E-state index in [4.69, 9.17) is 15.2 Å². The Morgan fingerprint density at radius 1 is 1.20 bits per heavy atom. The van der Waals surface area contributed by atoms with Gasteiger partial charge in [0, 0.05) is 10.8 Å². The van der Waals surface area contributed by atoms with Crippen molar-refractivity contribution in [2.24, 2.45) is 11.7 Å². The number of ether oxygens (including phenoxy) is 2. The molecule has 0 saturated heterocycles. The van der Waals surface area contributed by atoms with E-state index in [0.717, 1.165) is 17.1 Å². The number of aryl methyl sites for hydroxylation is 1. The fraction of sp³-hybridized carbons (Fsp3) is 0.375. The Bertz CT molecular complexity index is 608. The van der Waals surface area contributed by atoms with E-state index in [9.17, 15) is 0 Å². The van der Waals surface area contributed by atoms with Gasteiger partial charge in [-0.3, -0.25) is 0 Å². The summed E-state index contributed by atoms with van der Waals surface area (Å²) in [5.41, 5.74) is 8.68. The summed E-state index contributed by atoms with van der Waals surface area (Å²) in [5.74, 6) is 2.02. The zero-order valence-corrected chi connectivity index (χ0v) is 12.6. The first kappa shape index (κ1) is 13.5. The maximum atomic E-state index is 6.38. The van der Waals surface area contributed by atoms with Crippen molar-refractivity contribution in [3.63, 3.8) is 0 Å². The molecule has 3 rings (SSSR count). The maximum Gasteiger partial charge on any atom is 0.161 e. The summed E-state index contributed by atoms with van der Waals surface area (Å²) in [6, 6.07) is 8.00. The minimum Gasteiger partial charge on any atom is -0.489 e. The summed E-state index contributed by atoms with van der Waals surface area (Å²) in [6.07, 6.45) is 0. The maximum absolute atomic E-state index is 6.38. The predicted molar refractivity (Wildman–Crippen MR) is 81.7 cm³/mol. The average molecular weight is 289 g/mol. The van der Waals surface area contributed by atoms with E-state index < -0.39 is 0 Å². The second-order valence-corrected chi connectivity index (χ2v) is 6.33. The fourth-order valence-corrected chi connectivity index (χ4v) is 3.27. The van der Waals surface area contributed by atoms with Crippen molar-refractivity contribution in [3.05, 3.63) is 45.6 Å². The Morgan fingerprint density at radius 3 is 2.65 bits per heavy atom. The molecule has 106 valence electrons. The lowest BCUT2D eigenvalue weighted by molar-refractivity contribution is 0.228. The van der Waals surface area contributed by atoms with Gasteiger partial charge in [0.2, 0.25) is 0 Å². The third-order valence-electron chi connectivity index (χ3n) is 3.56. The first-order valence-corrected chi connectivity index (χ1v) is 7.72. The molecule has 1 aromatic carbocycles. The summed E-state index contributed by atoms with van der Waals surface area (Å²) in [7, 11) is 0. The fourth-order valence-electron chi connectivity index (χ4n) is 2.32. The number of hydrogen-bond donors (Lipinski definition) is 1. The van der Waals surface area contributed by atoms with Crippen LogP contribution in [0.4, 0.5) is 0 Å². The SMILES string of the molecule is Cc1ccsc1C(N)c1ccc2c(c1)OCC(C)CO2. The van der Waals surface area contributed by atoms with Crippen LogP contribution in [0.2, 0.25) is 0 Å². The molecule has 1 aliphatic heterocycles. The lowest BCUT2D eigenvalue weighted by Gasteiger charge is -2.14. The van der Waals surface area contributed by atoms with Crippen LogP contribution in [0.15, 0.2) is 29.6 Å². The number of fused-ring (bicyclic) bond motifs is 1. The van der Waals surface area contributed by atoms with Crippen molar-refractivity contribution >= 4 is 11.3 Å². The smallest absolute Gasteiger partial charge is 0.161 e. The zero-order chi connectivity index (χ0) is 14.1. The second kappa shape index (κ2) is 5.46. The Labute approximate surface area is 123 Å². The van der Waals surface area contributed by atoms with E-state index in [1.54, 1.807) is 11.3 Å². The van der Waals surface area contributed by atoms with E-state index in [1.165, 1.54) is 10.4 Å². The number of rotatable bonds is 2. The van der Waals surface area contributed by atoms with Gasteiger partial charge in [0.25, 0.3) is 0 Å². The largest absolute Gasteiger partial charge is 0.489 e. The van der Waals surface area contributed by atoms with Gasteiger partial charge in [-0.2, -0.15) is 0 Å². The molecule has 1 aromatic heterocycles. The molecule has 3 nitrogen and oxygen atoms in total. The van der Waals surface area contributed by atoms with Crippen molar-refractivity contribution in [2.75, 3.05) is 13.2 Å². The van der Waals surface area contributed by atoms with Gasteiger partial charge in [-0.1, -0.05) is 13.0 Å². The minimum absolute atomic E-state index is 0.107. The average Bonchev–Trinajstić information content (AvgIpc) is 2.79. The molecule has 2 N–H and O–H groups in total. The highest BCUT2D eigenvalue weighted by Gasteiger charge is 2.18. The Kier molecular flexibility index (Phi) is 3.68. The van der Waals surface area contributed by atoms with E-state index >= 15 is 0 Å². The van der Waals surface area contributed by atoms with Gasteiger partial charge in [0.15, 0.2) is 11.5 Å². The Hall–Kier alpha value is -1.52. The molecular weight excluding hydrogens is 270 g/mol. The van der Waals surface area contributed by atoms with Gasteiger partial charge in [-0.25, -0.2) is 0 Å². The van der Waals surface area contributed by atoms with E-state index in [-0.39, 0.29) is 6.04 Å². The number of thiophene rings is 1. The summed E-state index contributed by atoms with van der Waals surface area (Å²) >= 11 is 1.70. The summed E-state index contributed by atoms with van der Waals surface area (Å²) in [4.78, 5) is 1.20. The van der Waals surface area contributed by atoms with Crippen LogP contribution in [0, 0.1) is 12.8 Å². The molecule has 0 bridgehead atoms. The predicted octanol–water partition coefficient (Wildman–Crippen LogP) is 3.51. The molecule has 0 aliphatic carbocycles. The van der Waals surface area contributed by atoms with Crippen molar-refractivity contribution in [1.29, 1.82) is 0 Å². The number of hydrogen-bond acceptors (Lipinski definition) is 4. The van der Waals surface area contributed by atoms with Crippen LogP contribution in [0.1, 0.15) is 29.0 Å². The van der Waals surface area contributed by atoms with Crippen LogP contribution >= 0.6 is 11.3 Å². The molecule has 0 saturated carbocycles. The summed E-state index contributed by atoms with van der Waals surface area (Å²) in [5, 5.41) is 2.08. The zero-order valence-electron chi connectivity index (χ0n) is 11.8. The molecular formula is C16H19NO2S. The minimum atomic E-state index is -0.107. The van der Waals surface area contributed by atoms with E-state index in [2.05, 4.69) is 25.3 Å². The van der Waals surface area contributed by atoms with Crippen LogP contribution in [0.25, 0.3) is 0 Å².